The molecule has 2 rings (SSSR count). The first-order valence-electron chi connectivity index (χ1n) is 6.49. The molecule has 2 atom stereocenters. The van der Waals surface area contributed by atoms with Crippen LogP contribution in [0.3, 0.4) is 0 Å². The largest absolute Gasteiger partial charge is 0.314 e. The summed E-state index contributed by atoms with van der Waals surface area (Å²) in [5.74, 6) is 0.483. The fourth-order valence-electron chi connectivity index (χ4n) is 2.67. The molecule has 2 heterocycles. The lowest BCUT2D eigenvalue weighted by Gasteiger charge is -2.39. The van der Waals surface area contributed by atoms with E-state index < -0.39 is 10.2 Å². The van der Waals surface area contributed by atoms with Gasteiger partial charge in [-0.25, -0.2) is 0 Å². The van der Waals surface area contributed by atoms with E-state index in [0.717, 1.165) is 25.9 Å². The Morgan fingerprint density at radius 2 is 2.00 bits per heavy atom. The molecule has 0 aromatic heterocycles. The summed E-state index contributed by atoms with van der Waals surface area (Å²) in [7, 11) is -3.24. The highest BCUT2D eigenvalue weighted by Crippen LogP contribution is 2.22. The van der Waals surface area contributed by atoms with Gasteiger partial charge in [0.15, 0.2) is 0 Å². The first-order valence-corrected chi connectivity index (χ1v) is 7.89. The zero-order valence-electron chi connectivity index (χ0n) is 10.7. The molecule has 100 valence electrons. The van der Waals surface area contributed by atoms with E-state index in [4.69, 9.17) is 0 Å². The van der Waals surface area contributed by atoms with Gasteiger partial charge in [0, 0.05) is 38.8 Å². The van der Waals surface area contributed by atoms with Crippen molar-refractivity contribution in [1.82, 2.24) is 13.9 Å². The lowest BCUT2D eigenvalue weighted by atomic mass is 10.0. The highest BCUT2D eigenvalue weighted by atomic mass is 32.2. The first-order chi connectivity index (χ1) is 8.01. The summed E-state index contributed by atoms with van der Waals surface area (Å²) >= 11 is 0. The second kappa shape index (κ2) is 5.22. The Balaban J connectivity index is 2.11. The minimum absolute atomic E-state index is 0.0611. The summed E-state index contributed by atoms with van der Waals surface area (Å²) in [5, 5.41) is 3.22. The Morgan fingerprint density at radius 3 is 2.65 bits per heavy atom. The lowest BCUT2D eigenvalue weighted by Crippen LogP contribution is -2.57. The molecule has 0 amide bonds. The minimum atomic E-state index is -3.24. The van der Waals surface area contributed by atoms with Gasteiger partial charge in [-0.2, -0.15) is 17.0 Å². The average molecular weight is 261 g/mol. The van der Waals surface area contributed by atoms with Gasteiger partial charge in [0.2, 0.25) is 0 Å². The van der Waals surface area contributed by atoms with Gasteiger partial charge in [0.1, 0.15) is 0 Å². The van der Waals surface area contributed by atoms with Gasteiger partial charge in [-0.05, 0) is 25.7 Å². The van der Waals surface area contributed by atoms with Crippen LogP contribution in [-0.2, 0) is 10.2 Å². The molecular weight excluding hydrogens is 238 g/mol. The number of piperazine rings is 1. The van der Waals surface area contributed by atoms with Gasteiger partial charge in [-0.3, -0.25) is 0 Å². The van der Waals surface area contributed by atoms with E-state index in [1.165, 1.54) is 0 Å². The lowest BCUT2D eigenvalue weighted by molar-refractivity contribution is 0.226. The maximum Gasteiger partial charge on any atom is 0.282 e. The Labute approximate surface area is 104 Å². The predicted molar refractivity (Wildman–Crippen MR) is 67.9 cm³/mol. The third-order valence-electron chi connectivity index (χ3n) is 3.68. The van der Waals surface area contributed by atoms with Crippen molar-refractivity contribution in [2.75, 3.05) is 32.7 Å². The van der Waals surface area contributed by atoms with E-state index in [0.29, 0.717) is 25.6 Å². The van der Waals surface area contributed by atoms with Crippen LogP contribution in [0.25, 0.3) is 0 Å². The van der Waals surface area contributed by atoms with Crippen molar-refractivity contribution in [3.63, 3.8) is 0 Å². The van der Waals surface area contributed by atoms with Crippen molar-refractivity contribution in [3.8, 4) is 0 Å². The van der Waals surface area contributed by atoms with E-state index >= 15 is 0 Å². The van der Waals surface area contributed by atoms with Crippen LogP contribution in [0.1, 0.15) is 26.7 Å². The van der Waals surface area contributed by atoms with Crippen molar-refractivity contribution in [2.24, 2.45) is 5.92 Å². The SMILES string of the molecule is C[C@H]1CCCN(S(=O)(=O)N2CCNC[C@H]2C)C1. The molecule has 2 fully saturated rings. The van der Waals surface area contributed by atoms with Crippen molar-refractivity contribution >= 4 is 10.2 Å². The Morgan fingerprint density at radius 1 is 1.24 bits per heavy atom. The molecule has 0 radical (unpaired) electrons. The average Bonchev–Trinajstić information content (AvgIpc) is 2.29. The number of nitrogens with zero attached hydrogens (tertiary/aromatic N) is 2. The Hall–Kier alpha value is -0.170. The molecule has 2 aliphatic rings. The van der Waals surface area contributed by atoms with Gasteiger partial charge in [-0.1, -0.05) is 6.92 Å². The molecule has 2 aliphatic heterocycles. The molecule has 0 bridgehead atoms. The normalized spacial score (nSPS) is 33.8. The number of hydrogen-bond acceptors (Lipinski definition) is 3. The fourth-order valence-corrected chi connectivity index (χ4v) is 4.62. The molecule has 0 spiro atoms. The Bertz CT molecular complexity index is 358. The fraction of sp³-hybridized carbons (Fsp3) is 1.00. The minimum Gasteiger partial charge on any atom is -0.314 e. The number of hydrogen-bond donors (Lipinski definition) is 1. The molecule has 17 heavy (non-hydrogen) atoms. The van der Waals surface area contributed by atoms with E-state index in [1.807, 2.05) is 6.92 Å². The van der Waals surface area contributed by atoms with Crippen molar-refractivity contribution in [1.29, 1.82) is 0 Å². The van der Waals surface area contributed by atoms with E-state index in [-0.39, 0.29) is 6.04 Å². The monoisotopic (exact) mass is 261 g/mol. The number of nitrogens with one attached hydrogen (secondary N) is 1. The summed E-state index contributed by atoms with van der Waals surface area (Å²) in [6.07, 6.45) is 2.13. The van der Waals surface area contributed by atoms with Crippen LogP contribution in [0.5, 0.6) is 0 Å². The van der Waals surface area contributed by atoms with Crippen molar-refractivity contribution < 1.29 is 8.42 Å². The molecule has 0 unspecified atom stereocenters. The molecule has 5 nitrogen and oxygen atoms in total. The van der Waals surface area contributed by atoms with Gasteiger partial charge >= 0.3 is 0 Å². The van der Waals surface area contributed by atoms with Crippen LogP contribution in [0.2, 0.25) is 0 Å². The standard InChI is InChI=1S/C11H23N3O2S/c1-10-4-3-6-13(9-10)17(15,16)14-7-5-12-8-11(14)2/h10-12H,3-9H2,1-2H3/t10-,11+/m0/s1. The quantitative estimate of drug-likeness (QED) is 0.775. The highest BCUT2D eigenvalue weighted by Gasteiger charge is 2.36. The van der Waals surface area contributed by atoms with Crippen LogP contribution < -0.4 is 5.32 Å². The summed E-state index contributed by atoms with van der Waals surface area (Å²) in [4.78, 5) is 0. The van der Waals surface area contributed by atoms with Gasteiger partial charge < -0.3 is 5.32 Å². The number of rotatable bonds is 2. The van der Waals surface area contributed by atoms with E-state index in [1.54, 1.807) is 8.61 Å². The van der Waals surface area contributed by atoms with E-state index in [2.05, 4.69) is 12.2 Å². The second-order valence-electron chi connectivity index (χ2n) is 5.28. The first kappa shape index (κ1) is 13.3. The highest BCUT2D eigenvalue weighted by molar-refractivity contribution is 7.86. The van der Waals surface area contributed by atoms with Crippen LogP contribution >= 0.6 is 0 Å². The molecule has 6 heteroatoms. The summed E-state index contributed by atoms with van der Waals surface area (Å²) in [6.45, 7) is 7.56. The molecule has 0 aromatic rings. The second-order valence-corrected chi connectivity index (χ2v) is 7.16. The van der Waals surface area contributed by atoms with Gasteiger partial charge in [0.25, 0.3) is 10.2 Å². The zero-order chi connectivity index (χ0) is 12.5. The summed E-state index contributed by atoms with van der Waals surface area (Å²) in [5.41, 5.74) is 0. The third kappa shape index (κ3) is 2.81. The molecule has 2 saturated heterocycles. The smallest absolute Gasteiger partial charge is 0.282 e. The molecule has 1 N–H and O–H groups in total. The van der Waals surface area contributed by atoms with Crippen LogP contribution in [-0.4, -0.2) is 55.8 Å². The summed E-state index contributed by atoms with van der Waals surface area (Å²) in [6, 6.07) is 0.0611. The van der Waals surface area contributed by atoms with Crippen LogP contribution in [0.4, 0.5) is 0 Å². The topological polar surface area (TPSA) is 52.7 Å². The molecule has 0 aromatic carbocycles. The third-order valence-corrected chi connectivity index (χ3v) is 5.80. The van der Waals surface area contributed by atoms with Gasteiger partial charge in [-0.15, -0.1) is 0 Å². The molecular formula is C11H23N3O2S. The molecule has 0 aliphatic carbocycles. The molecule has 0 saturated carbocycles. The Kier molecular flexibility index (Phi) is 4.07. The predicted octanol–water partition coefficient (Wildman–Crippen LogP) is 0.257. The van der Waals surface area contributed by atoms with Gasteiger partial charge in [0.05, 0.1) is 0 Å². The van der Waals surface area contributed by atoms with Crippen molar-refractivity contribution in [3.05, 3.63) is 0 Å². The van der Waals surface area contributed by atoms with Crippen LogP contribution in [0.15, 0.2) is 0 Å². The van der Waals surface area contributed by atoms with E-state index in [9.17, 15) is 8.42 Å². The zero-order valence-corrected chi connectivity index (χ0v) is 11.5. The van der Waals surface area contributed by atoms with Crippen LogP contribution in [0, 0.1) is 5.92 Å². The van der Waals surface area contributed by atoms with Crippen molar-refractivity contribution in [2.45, 2.75) is 32.7 Å². The maximum atomic E-state index is 12.5. The maximum absolute atomic E-state index is 12.5. The summed E-state index contributed by atoms with van der Waals surface area (Å²) < 4.78 is 28.4. The number of piperidine rings is 1.